The molecule has 6 heteroatoms. The van der Waals surface area contributed by atoms with Crippen LogP contribution in [-0.2, 0) is 13.0 Å². The second-order valence-corrected chi connectivity index (χ2v) is 4.78. The topological polar surface area (TPSA) is 75.6 Å². The molecule has 0 aromatic carbocycles. The number of aromatic nitrogens is 4. The van der Waals surface area contributed by atoms with Gasteiger partial charge in [-0.05, 0) is 18.9 Å². The van der Waals surface area contributed by atoms with Gasteiger partial charge in [-0.3, -0.25) is 0 Å². The molecule has 2 rings (SSSR count). The quantitative estimate of drug-likeness (QED) is 0.777. The first-order valence-corrected chi connectivity index (χ1v) is 7.41. The van der Waals surface area contributed by atoms with Gasteiger partial charge in [-0.2, -0.15) is 0 Å². The first-order valence-electron chi connectivity index (χ1n) is 7.41. The van der Waals surface area contributed by atoms with E-state index >= 15 is 0 Å². The molecule has 0 fully saturated rings. The van der Waals surface area contributed by atoms with Gasteiger partial charge in [0, 0.05) is 18.3 Å². The highest BCUT2D eigenvalue weighted by Gasteiger charge is 2.10. The number of nitrogens with zero attached hydrogens (tertiary/aromatic N) is 4. The zero-order chi connectivity index (χ0) is 14.9. The molecule has 0 aliphatic carbocycles. The highest BCUT2D eigenvalue weighted by Crippen LogP contribution is 2.22. The Labute approximate surface area is 125 Å². The Morgan fingerprint density at radius 1 is 0.952 bits per heavy atom. The molecule has 0 saturated heterocycles. The van der Waals surface area contributed by atoms with Crippen molar-refractivity contribution in [2.45, 2.75) is 39.7 Å². The number of hydrogen-bond acceptors (Lipinski definition) is 6. The normalized spacial score (nSPS) is 10.4. The van der Waals surface area contributed by atoms with Crippen LogP contribution in [0.1, 0.15) is 37.9 Å². The summed E-state index contributed by atoms with van der Waals surface area (Å²) in [6.45, 7) is 5.84. The molecule has 0 aliphatic rings. The molecule has 0 radical (unpaired) electrons. The van der Waals surface area contributed by atoms with Crippen molar-refractivity contribution in [2.75, 3.05) is 17.2 Å². The van der Waals surface area contributed by atoms with Crippen molar-refractivity contribution in [3.63, 3.8) is 0 Å². The maximum atomic E-state index is 4.38. The molecular formula is C15H22N6. The molecule has 0 atom stereocenters. The first kappa shape index (κ1) is 15.2. The summed E-state index contributed by atoms with van der Waals surface area (Å²) in [6.07, 6.45) is 7.96. The van der Waals surface area contributed by atoms with Gasteiger partial charge >= 0.3 is 0 Å². The van der Waals surface area contributed by atoms with Crippen LogP contribution in [0.2, 0.25) is 0 Å². The van der Waals surface area contributed by atoms with Crippen molar-refractivity contribution in [3.8, 4) is 0 Å². The van der Waals surface area contributed by atoms with Gasteiger partial charge in [0.25, 0.3) is 0 Å². The Morgan fingerprint density at radius 3 is 2.43 bits per heavy atom. The lowest BCUT2D eigenvalue weighted by atomic mass is 10.1. The van der Waals surface area contributed by atoms with E-state index in [0.717, 1.165) is 48.7 Å². The molecular weight excluding hydrogens is 264 g/mol. The second-order valence-electron chi connectivity index (χ2n) is 4.78. The predicted octanol–water partition coefficient (Wildman–Crippen LogP) is 2.65. The number of hydrogen-bond donors (Lipinski definition) is 2. The summed E-state index contributed by atoms with van der Waals surface area (Å²) in [5.74, 6) is 1.81. The minimum absolute atomic E-state index is 0.628. The molecule has 0 saturated carbocycles. The SMILES string of the molecule is CCCNc1ncnc(NCc2ccncn2)c1CCC. The van der Waals surface area contributed by atoms with E-state index in [9.17, 15) is 0 Å². The fourth-order valence-corrected chi connectivity index (χ4v) is 2.04. The van der Waals surface area contributed by atoms with Gasteiger partial charge in [-0.15, -0.1) is 0 Å². The molecule has 0 unspecified atom stereocenters. The summed E-state index contributed by atoms with van der Waals surface area (Å²) in [7, 11) is 0. The highest BCUT2D eigenvalue weighted by atomic mass is 15.1. The third-order valence-electron chi connectivity index (χ3n) is 3.07. The maximum Gasteiger partial charge on any atom is 0.135 e. The third-order valence-corrected chi connectivity index (χ3v) is 3.07. The van der Waals surface area contributed by atoms with E-state index in [1.165, 1.54) is 0 Å². The number of nitrogens with one attached hydrogen (secondary N) is 2. The first-order chi connectivity index (χ1) is 10.3. The van der Waals surface area contributed by atoms with E-state index in [0.29, 0.717) is 6.54 Å². The van der Waals surface area contributed by atoms with Crippen LogP contribution < -0.4 is 10.6 Å². The lowest BCUT2D eigenvalue weighted by Gasteiger charge is -2.14. The van der Waals surface area contributed by atoms with Crippen molar-refractivity contribution in [1.82, 2.24) is 19.9 Å². The molecule has 2 N–H and O–H groups in total. The van der Waals surface area contributed by atoms with Crippen LogP contribution >= 0.6 is 0 Å². The molecule has 6 nitrogen and oxygen atoms in total. The van der Waals surface area contributed by atoms with Crippen LogP contribution in [0.4, 0.5) is 11.6 Å². The predicted molar refractivity (Wildman–Crippen MR) is 84.2 cm³/mol. The summed E-state index contributed by atoms with van der Waals surface area (Å²) in [5, 5.41) is 6.72. The Morgan fingerprint density at radius 2 is 1.76 bits per heavy atom. The lowest BCUT2D eigenvalue weighted by molar-refractivity contribution is 0.883. The fraction of sp³-hybridized carbons (Fsp3) is 0.467. The Hall–Kier alpha value is -2.24. The molecule has 21 heavy (non-hydrogen) atoms. The third kappa shape index (κ3) is 4.37. The standard InChI is InChI=1S/C15H22N6/c1-3-5-13-14(17-7-4-2)20-11-21-15(13)18-9-12-6-8-16-10-19-12/h6,8,10-11H,3-5,7,9H2,1-2H3,(H2,17,18,20,21). The summed E-state index contributed by atoms with van der Waals surface area (Å²) < 4.78 is 0. The van der Waals surface area contributed by atoms with E-state index in [4.69, 9.17) is 0 Å². The van der Waals surface area contributed by atoms with Crippen LogP contribution in [0.25, 0.3) is 0 Å². The average Bonchev–Trinajstić information content (AvgIpc) is 2.53. The Kier molecular flexibility index (Phi) is 5.87. The van der Waals surface area contributed by atoms with Gasteiger partial charge in [-0.25, -0.2) is 19.9 Å². The molecule has 0 aliphatic heterocycles. The highest BCUT2D eigenvalue weighted by molar-refractivity contribution is 5.57. The van der Waals surface area contributed by atoms with Crippen LogP contribution in [0.3, 0.4) is 0 Å². The molecule has 112 valence electrons. The summed E-state index contributed by atoms with van der Waals surface area (Å²) in [4.78, 5) is 16.9. The zero-order valence-corrected chi connectivity index (χ0v) is 12.6. The summed E-state index contributed by atoms with van der Waals surface area (Å²) >= 11 is 0. The van der Waals surface area contributed by atoms with Crippen LogP contribution in [0, 0.1) is 0 Å². The van der Waals surface area contributed by atoms with Crippen molar-refractivity contribution in [2.24, 2.45) is 0 Å². The van der Waals surface area contributed by atoms with E-state index in [1.807, 2.05) is 6.07 Å². The van der Waals surface area contributed by atoms with Crippen LogP contribution in [0.5, 0.6) is 0 Å². The molecule has 2 aromatic rings. The minimum Gasteiger partial charge on any atom is -0.370 e. The molecule has 0 spiro atoms. The number of rotatable bonds is 8. The Bertz CT molecular complexity index is 543. The zero-order valence-electron chi connectivity index (χ0n) is 12.6. The van der Waals surface area contributed by atoms with E-state index in [2.05, 4.69) is 44.4 Å². The summed E-state index contributed by atoms with van der Waals surface area (Å²) in [6, 6.07) is 1.89. The molecule has 2 heterocycles. The van der Waals surface area contributed by atoms with Crippen molar-refractivity contribution >= 4 is 11.6 Å². The molecule has 0 amide bonds. The van der Waals surface area contributed by atoms with E-state index < -0.39 is 0 Å². The summed E-state index contributed by atoms with van der Waals surface area (Å²) in [5.41, 5.74) is 2.08. The van der Waals surface area contributed by atoms with Gasteiger partial charge in [0.05, 0.1) is 12.2 Å². The molecule has 2 aromatic heterocycles. The van der Waals surface area contributed by atoms with Crippen molar-refractivity contribution < 1.29 is 0 Å². The number of anilines is 2. The van der Waals surface area contributed by atoms with Gasteiger partial charge in [0.1, 0.15) is 24.3 Å². The van der Waals surface area contributed by atoms with Gasteiger partial charge in [-0.1, -0.05) is 20.3 Å². The van der Waals surface area contributed by atoms with Crippen molar-refractivity contribution in [3.05, 3.63) is 36.2 Å². The van der Waals surface area contributed by atoms with Crippen LogP contribution in [0.15, 0.2) is 24.9 Å². The van der Waals surface area contributed by atoms with Gasteiger partial charge < -0.3 is 10.6 Å². The van der Waals surface area contributed by atoms with Crippen LogP contribution in [-0.4, -0.2) is 26.5 Å². The second kappa shape index (κ2) is 8.14. The monoisotopic (exact) mass is 286 g/mol. The largest absolute Gasteiger partial charge is 0.370 e. The van der Waals surface area contributed by atoms with E-state index in [1.54, 1.807) is 18.9 Å². The average molecular weight is 286 g/mol. The smallest absolute Gasteiger partial charge is 0.135 e. The van der Waals surface area contributed by atoms with E-state index in [-0.39, 0.29) is 0 Å². The van der Waals surface area contributed by atoms with Crippen molar-refractivity contribution in [1.29, 1.82) is 0 Å². The minimum atomic E-state index is 0.628. The lowest BCUT2D eigenvalue weighted by Crippen LogP contribution is -2.11. The molecule has 0 bridgehead atoms. The van der Waals surface area contributed by atoms with Gasteiger partial charge in [0.2, 0.25) is 0 Å². The maximum absolute atomic E-state index is 4.38. The Balaban J connectivity index is 2.13. The fourth-order valence-electron chi connectivity index (χ4n) is 2.04. The van der Waals surface area contributed by atoms with Gasteiger partial charge in [0.15, 0.2) is 0 Å².